The van der Waals surface area contributed by atoms with Crippen LogP contribution in [0.2, 0.25) is 0 Å². The number of carbonyl (C=O) groups excluding carboxylic acids is 6. The van der Waals surface area contributed by atoms with E-state index in [1.165, 1.54) is 28.4 Å². The maximum Gasteiger partial charge on any atom is 0.321 e. The second-order valence-corrected chi connectivity index (χ2v) is 16.7. The Hall–Kier alpha value is -5.12. The lowest BCUT2D eigenvalue weighted by Gasteiger charge is -2.38. The van der Waals surface area contributed by atoms with Gasteiger partial charge in [0.2, 0.25) is 17.7 Å². The third-order valence-electron chi connectivity index (χ3n) is 11.2. The molecule has 6 N–H and O–H groups in total. The number of hydrogen-bond donors (Lipinski definition) is 6. The molecule has 1 aromatic carbocycles. The summed E-state index contributed by atoms with van der Waals surface area (Å²) in [5.41, 5.74) is -0.199. The molecule has 5 rings (SSSR count). The molecule has 6 atom stereocenters. The first-order chi connectivity index (χ1) is 27.2. The van der Waals surface area contributed by atoms with Crippen molar-refractivity contribution in [2.75, 3.05) is 25.5 Å². The molecule has 1 saturated heterocycles. The number of nitrogens with one attached hydrogen (secondary N) is 5. The van der Waals surface area contributed by atoms with Crippen LogP contribution in [0.4, 0.5) is 10.5 Å². The number of aliphatic hydroxyl groups is 1. The number of benzene rings is 1. The molecule has 1 aromatic heterocycles. The molecule has 2 heterocycles. The minimum Gasteiger partial charge on any atom is -0.381 e. The number of nitrogens with zero attached hydrogens (tertiary/aromatic N) is 4. The van der Waals surface area contributed by atoms with Gasteiger partial charge in [0.05, 0.1) is 24.2 Å². The quantitative estimate of drug-likeness (QED) is 0.156. The van der Waals surface area contributed by atoms with Crippen LogP contribution in [-0.4, -0.2) is 117 Å². The van der Waals surface area contributed by atoms with Gasteiger partial charge in [0.25, 0.3) is 11.8 Å². The van der Waals surface area contributed by atoms with Crippen molar-refractivity contribution in [2.45, 2.75) is 122 Å². The highest BCUT2D eigenvalue weighted by Gasteiger charge is 2.47. The van der Waals surface area contributed by atoms with Crippen LogP contribution < -0.4 is 26.6 Å². The van der Waals surface area contributed by atoms with Crippen molar-refractivity contribution in [3.05, 3.63) is 54.6 Å². The van der Waals surface area contributed by atoms with Gasteiger partial charge in [-0.25, -0.2) is 9.78 Å². The molecule has 2 saturated carbocycles. The fraction of sp³-hybridized carbons (Fsp3) is 0.610. The van der Waals surface area contributed by atoms with Crippen LogP contribution in [0.3, 0.4) is 0 Å². The number of aliphatic hydroxyl groups excluding tert-OH is 1. The first-order valence-electron chi connectivity index (χ1n) is 20.2. The second-order valence-electron chi connectivity index (χ2n) is 16.7. The topological polar surface area (TPSA) is 215 Å². The zero-order chi connectivity index (χ0) is 41.3. The number of urea groups is 1. The molecular weight excluding hydrogens is 731 g/mol. The lowest BCUT2D eigenvalue weighted by atomic mass is 9.82. The smallest absolute Gasteiger partial charge is 0.321 e. The van der Waals surface area contributed by atoms with Crippen LogP contribution in [0.15, 0.2) is 48.9 Å². The Morgan fingerprint density at radius 1 is 0.912 bits per heavy atom. The summed E-state index contributed by atoms with van der Waals surface area (Å²) in [6.45, 7) is 7.27. The standard InChI is InChI=1S/C41H59N9O7/c1-6-13-29(33(51)38(55)44-27-18-19-27)46-35(52)28-23-50(40(57)45-26-16-11-8-12-17-26)24-31(28)49(5)39(56)34(41(2,3)4)48-37(54)32(25-14-9-7-10-15-25)47-36(53)30-22-42-20-21-43-30/h8,11-12,16-17,20-22,25,27-29,31-34,51H,6-7,9-10,13-15,18-19,23-24H2,1-5H3,(H,44,55)(H,45,57)(H,46,52)(H,47,53)(H,48,54)/t28-,29+,31+,32+,33?,34-/m1/s1. The molecule has 57 heavy (non-hydrogen) atoms. The van der Waals surface area contributed by atoms with Crippen LogP contribution in [0.5, 0.6) is 0 Å². The van der Waals surface area contributed by atoms with Crippen molar-refractivity contribution in [3.63, 3.8) is 0 Å². The van der Waals surface area contributed by atoms with Gasteiger partial charge >= 0.3 is 6.03 Å². The van der Waals surface area contributed by atoms with Gasteiger partial charge in [0, 0.05) is 44.3 Å². The zero-order valence-electron chi connectivity index (χ0n) is 33.7. The van der Waals surface area contributed by atoms with Crippen molar-refractivity contribution >= 4 is 41.3 Å². The summed E-state index contributed by atoms with van der Waals surface area (Å²) in [4.78, 5) is 93.8. The van der Waals surface area contributed by atoms with E-state index in [0.29, 0.717) is 18.5 Å². The van der Waals surface area contributed by atoms with Gasteiger partial charge in [0.1, 0.15) is 17.8 Å². The summed E-state index contributed by atoms with van der Waals surface area (Å²) in [5.74, 6) is -3.73. The van der Waals surface area contributed by atoms with Gasteiger partial charge in [-0.05, 0) is 55.6 Å². The summed E-state index contributed by atoms with van der Waals surface area (Å²) < 4.78 is 0. The van der Waals surface area contributed by atoms with Crippen molar-refractivity contribution in [1.82, 2.24) is 41.0 Å². The van der Waals surface area contributed by atoms with Gasteiger partial charge < -0.3 is 41.5 Å². The predicted octanol–water partition coefficient (Wildman–Crippen LogP) is 2.60. The molecule has 0 radical (unpaired) electrons. The molecule has 1 unspecified atom stereocenters. The molecule has 0 spiro atoms. The molecule has 3 aliphatic rings. The maximum absolute atomic E-state index is 14.7. The molecule has 16 heteroatoms. The minimum absolute atomic E-state index is 0.00810. The fourth-order valence-electron chi connectivity index (χ4n) is 7.68. The maximum atomic E-state index is 14.7. The summed E-state index contributed by atoms with van der Waals surface area (Å²) >= 11 is 0. The van der Waals surface area contributed by atoms with Crippen molar-refractivity contribution in [1.29, 1.82) is 0 Å². The molecule has 7 amide bonds. The van der Waals surface area contributed by atoms with Crippen molar-refractivity contribution in [3.8, 4) is 0 Å². The van der Waals surface area contributed by atoms with Crippen LogP contribution in [-0.2, 0) is 19.2 Å². The van der Waals surface area contributed by atoms with Crippen LogP contribution in [0, 0.1) is 17.3 Å². The number of amides is 7. The average molecular weight is 790 g/mol. The predicted molar refractivity (Wildman–Crippen MR) is 212 cm³/mol. The Balaban J connectivity index is 1.38. The van der Waals surface area contributed by atoms with Crippen LogP contribution >= 0.6 is 0 Å². The summed E-state index contributed by atoms with van der Waals surface area (Å²) in [7, 11) is 1.55. The number of aromatic nitrogens is 2. The zero-order valence-corrected chi connectivity index (χ0v) is 33.7. The molecule has 16 nitrogen and oxygen atoms in total. The highest BCUT2D eigenvalue weighted by Crippen LogP contribution is 2.30. The third kappa shape index (κ3) is 11.5. The van der Waals surface area contributed by atoms with Gasteiger partial charge in [-0.15, -0.1) is 0 Å². The van der Waals surface area contributed by atoms with E-state index < -0.39 is 77.2 Å². The lowest BCUT2D eigenvalue weighted by molar-refractivity contribution is -0.142. The monoisotopic (exact) mass is 789 g/mol. The number of likely N-dealkylation sites (N-methyl/N-ethyl adjacent to an activating group) is 1. The highest BCUT2D eigenvalue weighted by molar-refractivity contribution is 5.97. The third-order valence-corrected chi connectivity index (χ3v) is 11.2. The normalized spacial score (nSPS) is 20.6. The number of anilines is 1. The SMILES string of the molecule is CCC[C@H](NC(=O)[C@@H]1CN(C(=O)Nc2ccccc2)C[C@@H]1N(C)C(=O)[C@@H](NC(=O)[C@@H](NC(=O)c1cnccn1)C1CCCCC1)C(C)(C)C)C(O)C(=O)NC1CC1. The van der Waals surface area contributed by atoms with E-state index in [-0.39, 0.29) is 30.7 Å². The molecule has 3 fully saturated rings. The van der Waals surface area contributed by atoms with Crippen molar-refractivity contribution in [2.24, 2.45) is 17.3 Å². The van der Waals surface area contributed by atoms with E-state index in [9.17, 15) is 33.9 Å². The second kappa shape index (κ2) is 19.4. The van der Waals surface area contributed by atoms with Crippen LogP contribution in [0.1, 0.15) is 96.0 Å². The number of hydrogen-bond acceptors (Lipinski definition) is 9. The van der Waals surface area contributed by atoms with E-state index in [2.05, 4.69) is 36.6 Å². The Morgan fingerprint density at radius 3 is 2.23 bits per heavy atom. The number of rotatable bonds is 15. The molecule has 0 bridgehead atoms. The van der Waals surface area contributed by atoms with E-state index in [0.717, 1.165) is 44.9 Å². The van der Waals surface area contributed by atoms with Gasteiger partial charge in [-0.1, -0.05) is 71.6 Å². The molecule has 310 valence electrons. The molecule has 2 aromatic rings. The Bertz CT molecular complexity index is 1710. The summed E-state index contributed by atoms with van der Waals surface area (Å²) in [6, 6.07) is 4.64. The van der Waals surface area contributed by atoms with E-state index in [4.69, 9.17) is 0 Å². The first kappa shape index (κ1) is 43.0. The fourth-order valence-corrected chi connectivity index (χ4v) is 7.68. The first-order valence-corrected chi connectivity index (χ1v) is 20.2. The van der Waals surface area contributed by atoms with Gasteiger partial charge in [-0.2, -0.15) is 0 Å². The number of likely N-dealkylation sites (tertiary alicyclic amines) is 1. The summed E-state index contributed by atoms with van der Waals surface area (Å²) in [5, 5.41) is 25.4. The van der Waals surface area contributed by atoms with Gasteiger partial charge in [-0.3, -0.25) is 29.0 Å². The van der Waals surface area contributed by atoms with Crippen LogP contribution in [0.25, 0.3) is 0 Å². The minimum atomic E-state index is -1.49. The van der Waals surface area contributed by atoms with Gasteiger partial charge in [0.15, 0.2) is 6.10 Å². The lowest BCUT2D eigenvalue weighted by Crippen LogP contribution is -2.61. The largest absolute Gasteiger partial charge is 0.381 e. The summed E-state index contributed by atoms with van der Waals surface area (Å²) in [6.07, 6.45) is 9.54. The Labute approximate surface area is 334 Å². The molecule has 1 aliphatic heterocycles. The van der Waals surface area contributed by atoms with E-state index >= 15 is 0 Å². The van der Waals surface area contributed by atoms with Crippen molar-refractivity contribution < 1.29 is 33.9 Å². The van der Waals surface area contributed by atoms with E-state index in [1.807, 2.05) is 33.8 Å². The highest BCUT2D eigenvalue weighted by atomic mass is 16.3. The average Bonchev–Trinajstić information content (AvgIpc) is 3.91. The number of para-hydroxylation sites is 1. The Morgan fingerprint density at radius 2 is 1.61 bits per heavy atom. The molecular formula is C41H59N9O7. The van der Waals surface area contributed by atoms with E-state index in [1.54, 1.807) is 31.3 Å². The molecule has 2 aliphatic carbocycles. The Kier molecular flexibility index (Phi) is 14.6. The number of carbonyl (C=O) groups is 6.